The number of fused-ring (bicyclic) bond motifs is 1. The van der Waals surface area contributed by atoms with E-state index in [1.54, 1.807) is 25.6 Å². The van der Waals surface area contributed by atoms with Gasteiger partial charge in [0.15, 0.2) is 11.5 Å². The maximum absolute atomic E-state index is 13.2. The van der Waals surface area contributed by atoms with Crippen LogP contribution in [0, 0.1) is 6.92 Å². The van der Waals surface area contributed by atoms with Crippen LogP contribution in [0.5, 0.6) is 11.5 Å². The summed E-state index contributed by atoms with van der Waals surface area (Å²) in [5.74, 6) is 1.40. The predicted octanol–water partition coefficient (Wildman–Crippen LogP) is 4.33. The van der Waals surface area contributed by atoms with Crippen molar-refractivity contribution in [3.8, 4) is 22.1 Å². The number of nitrogens with zero attached hydrogens (tertiary/aromatic N) is 2. The molecule has 1 aliphatic rings. The molecule has 0 N–H and O–H groups in total. The molecular formula is C22H22N2O3S. The third-order valence-corrected chi connectivity index (χ3v) is 6.05. The van der Waals surface area contributed by atoms with Gasteiger partial charge in [-0.25, -0.2) is 4.98 Å². The third-order valence-electron chi connectivity index (χ3n) is 5.03. The first-order valence-electron chi connectivity index (χ1n) is 9.16. The number of hydrogen-bond acceptors (Lipinski definition) is 5. The number of benzene rings is 2. The van der Waals surface area contributed by atoms with E-state index in [4.69, 9.17) is 9.47 Å². The highest BCUT2D eigenvalue weighted by atomic mass is 32.1. The lowest BCUT2D eigenvalue weighted by Gasteiger charge is -2.29. The van der Waals surface area contributed by atoms with E-state index in [0.717, 1.165) is 33.2 Å². The second kappa shape index (κ2) is 7.64. The zero-order chi connectivity index (χ0) is 19.7. The van der Waals surface area contributed by atoms with Crippen LogP contribution in [0.2, 0.25) is 0 Å². The summed E-state index contributed by atoms with van der Waals surface area (Å²) in [7, 11) is 3.26. The van der Waals surface area contributed by atoms with Crippen LogP contribution in [0.1, 0.15) is 26.5 Å². The van der Waals surface area contributed by atoms with Gasteiger partial charge >= 0.3 is 0 Å². The van der Waals surface area contributed by atoms with Gasteiger partial charge in [-0.05, 0) is 36.6 Å². The normalized spacial score (nSPS) is 13.2. The largest absolute Gasteiger partial charge is 0.493 e. The van der Waals surface area contributed by atoms with Crippen LogP contribution in [0.15, 0.2) is 42.5 Å². The van der Waals surface area contributed by atoms with Crippen LogP contribution in [0.4, 0.5) is 0 Å². The Kier molecular flexibility index (Phi) is 5.05. The molecule has 3 aromatic rings. The molecule has 2 aromatic carbocycles. The fraction of sp³-hybridized carbons (Fsp3) is 0.273. The number of ether oxygens (including phenoxy) is 2. The zero-order valence-electron chi connectivity index (χ0n) is 16.2. The van der Waals surface area contributed by atoms with E-state index in [9.17, 15) is 4.79 Å². The van der Waals surface area contributed by atoms with Gasteiger partial charge in [0.05, 0.1) is 14.2 Å². The van der Waals surface area contributed by atoms with Crippen LogP contribution in [0.3, 0.4) is 0 Å². The first-order chi connectivity index (χ1) is 13.6. The van der Waals surface area contributed by atoms with Gasteiger partial charge in [0.1, 0.15) is 10.7 Å². The van der Waals surface area contributed by atoms with Crippen molar-refractivity contribution in [2.75, 3.05) is 20.8 Å². The highest BCUT2D eigenvalue weighted by Gasteiger charge is 2.26. The van der Waals surface area contributed by atoms with Crippen LogP contribution in [0.25, 0.3) is 10.6 Å². The Morgan fingerprint density at radius 2 is 1.75 bits per heavy atom. The van der Waals surface area contributed by atoms with Gasteiger partial charge in [0.25, 0.3) is 5.91 Å². The zero-order valence-corrected chi connectivity index (χ0v) is 17.0. The second-order valence-corrected chi connectivity index (χ2v) is 7.95. The Hall–Kier alpha value is -2.86. The highest BCUT2D eigenvalue weighted by molar-refractivity contribution is 7.15. The van der Waals surface area contributed by atoms with Crippen molar-refractivity contribution in [1.82, 2.24) is 9.88 Å². The van der Waals surface area contributed by atoms with Crippen LogP contribution < -0.4 is 9.47 Å². The van der Waals surface area contributed by atoms with E-state index in [2.05, 4.69) is 4.98 Å². The fourth-order valence-electron chi connectivity index (χ4n) is 3.51. The standard InChI is InChI=1S/C22H22N2O3S/c1-14-20(23-21(28-14)15-7-5-4-6-8-15)22(25)24-10-9-16-11-18(26-2)19(27-3)12-17(16)13-24/h4-8,11-12H,9-10,13H2,1-3H3. The molecule has 0 radical (unpaired) electrons. The molecule has 1 aliphatic heterocycles. The Balaban J connectivity index is 1.60. The summed E-state index contributed by atoms with van der Waals surface area (Å²) < 4.78 is 10.8. The molecule has 0 unspecified atom stereocenters. The van der Waals surface area contributed by atoms with E-state index in [0.29, 0.717) is 24.5 Å². The van der Waals surface area contributed by atoms with Crippen LogP contribution in [-0.4, -0.2) is 36.6 Å². The van der Waals surface area contributed by atoms with Crippen LogP contribution >= 0.6 is 11.3 Å². The first-order valence-corrected chi connectivity index (χ1v) is 9.98. The van der Waals surface area contributed by atoms with Gasteiger partial charge in [-0.1, -0.05) is 30.3 Å². The smallest absolute Gasteiger partial charge is 0.273 e. The fourth-order valence-corrected chi connectivity index (χ4v) is 4.42. The number of thiazole rings is 1. The number of carbonyl (C=O) groups is 1. The SMILES string of the molecule is COc1cc2c(cc1OC)CN(C(=O)c1nc(-c3ccccc3)sc1C)CC2. The summed E-state index contributed by atoms with van der Waals surface area (Å²) in [5.41, 5.74) is 3.87. The molecule has 2 heterocycles. The molecule has 0 fully saturated rings. The first kappa shape index (κ1) is 18.5. The molecule has 28 heavy (non-hydrogen) atoms. The van der Waals surface area contributed by atoms with Crippen LogP contribution in [-0.2, 0) is 13.0 Å². The van der Waals surface area contributed by atoms with Crippen molar-refractivity contribution in [2.45, 2.75) is 19.9 Å². The number of amides is 1. The Bertz CT molecular complexity index is 1010. The molecule has 0 spiro atoms. The van der Waals surface area contributed by atoms with Gasteiger partial charge in [-0.2, -0.15) is 0 Å². The van der Waals surface area contributed by atoms with E-state index in [1.165, 1.54) is 5.56 Å². The molecular weight excluding hydrogens is 372 g/mol. The van der Waals surface area contributed by atoms with Gasteiger partial charge in [0, 0.05) is 23.5 Å². The summed E-state index contributed by atoms with van der Waals surface area (Å²) >= 11 is 1.56. The van der Waals surface area contributed by atoms with E-state index in [1.807, 2.05) is 54.3 Å². The number of aromatic nitrogens is 1. The molecule has 0 saturated carbocycles. The molecule has 1 amide bonds. The van der Waals surface area contributed by atoms with Gasteiger partial charge in [0.2, 0.25) is 0 Å². The van der Waals surface area contributed by atoms with Crippen molar-refractivity contribution in [1.29, 1.82) is 0 Å². The van der Waals surface area contributed by atoms with E-state index < -0.39 is 0 Å². The lowest BCUT2D eigenvalue weighted by molar-refractivity contribution is 0.0728. The number of carbonyl (C=O) groups excluding carboxylic acids is 1. The molecule has 6 heteroatoms. The number of rotatable bonds is 4. The lowest BCUT2D eigenvalue weighted by Crippen LogP contribution is -2.36. The Morgan fingerprint density at radius 3 is 2.43 bits per heavy atom. The van der Waals surface area contributed by atoms with E-state index >= 15 is 0 Å². The molecule has 0 bridgehead atoms. The summed E-state index contributed by atoms with van der Waals surface area (Å²) in [5, 5.41) is 0.880. The molecule has 144 valence electrons. The Morgan fingerprint density at radius 1 is 1.07 bits per heavy atom. The van der Waals surface area contributed by atoms with Gasteiger partial charge in [-0.15, -0.1) is 11.3 Å². The van der Waals surface area contributed by atoms with Gasteiger partial charge < -0.3 is 14.4 Å². The second-order valence-electron chi connectivity index (χ2n) is 6.74. The molecule has 4 rings (SSSR count). The summed E-state index contributed by atoms with van der Waals surface area (Å²) in [6.45, 7) is 3.17. The van der Waals surface area contributed by atoms with Gasteiger partial charge in [-0.3, -0.25) is 4.79 Å². The minimum atomic E-state index is -0.0173. The quantitative estimate of drug-likeness (QED) is 0.661. The number of methoxy groups -OCH3 is 2. The Labute approximate surface area is 168 Å². The molecule has 0 aliphatic carbocycles. The lowest BCUT2D eigenvalue weighted by atomic mass is 9.98. The van der Waals surface area contributed by atoms with Crippen molar-refractivity contribution >= 4 is 17.2 Å². The minimum absolute atomic E-state index is 0.0173. The van der Waals surface area contributed by atoms with Crippen molar-refractivity contribution in [2.24, 2.45) is 0 Å². The maximum atomic E-state index is 13.2. The summed E-state index contributed by atoms with van der Waals surface area (Å²) in [6.07, 6.45) is 0.788. The van der Waals surface area contributed by atoms with E-state index in [-0.39, 0.29) is 5.91 Å². The van der Waals surface area contributed by atoms with Crippen molar-refractivity contribution in [3.63, 3.8) is 0 Å². The molecule has 0 saturated heterocycles. The van der Waals surface area contributed by atoms with Crippen molar-refractivity contribution in [3.05, 3.63) is 64.2 Å². The van der Waals surface area contributed by atoms with Crippen molar-refractivity contribution < 1.29 is 14.3 Å². The third kappa shape index (κ3) is 3.36. The average molecular weight is 394 g/mol. The summed E-state index contributed by atoms with van der Waals surface area (Å²) in [6, 6.07) is 14.0. The topological polar surface area (TPSA) is 51.7 Å². The highest BCUT2D eigenvalue weighted by Crippen LogP contribution is 2.34. The summed E-state index contributed by atoms with van der Waals surface area (Å²) in [4.78, 5) is 20.6. The number of hydrogen-bond donors (Lipinski definition) is 0. The predicted molar refractivity (Wildman–Crippen MR) is 110 cm³/mol. The monoisotopic (exact) mass is 394 g/mol. The molecule has 5 nitrogen and oxygen atoms in total. The molecule has 0 atom stereocenters. The minimum Gasteiger partial charge on any atom is -0.493 e. The molecule has 1 aromatic heterocycles. The average Bonchev–Trinajstić information content (AvgIpc) is 3.14. The number of aryl methyl sites for hydroxylation is 1. The maximum Gasteiger partial charge on any atom is 0.273 e.